The van der Waals surface area contributed by atoms with Crippen LogP contribution in [-0.4, -0.2) is 34.7 Å². The summed E-state index contributed by atoms with van der Waals surface area (Å²) in [6, 6.07) is 17.4. The van der Waals surface area contributed by atoms with Crippen LogP contribution in [0.3, 0.4) is 0 Å². The van der Waals surface area contributed by atoms with Gasteiger partial charge in [-0.2, -0.15) is 4.98 Å². The van der Waals surface area contributed by atoms with Crippen molar-refractivity contribution in [1.29, 1.82) is 0 Å². The molecule has 0 fully saturated rings. The van der Waals surface area contributed by atoms with Crippen molar-refractivity contribution < 1.29 is 18.3 Å². The lowest BCUT2D eigenvalue weighted by Gasteiger charge is -2.20. The van der Waals surface area contributed by atoms with Gasteiger partial charge in [-0.05, 0) is 24.3 Å². The van der Waals surface area contributed by atoms with Crippen molar-refractivity contribution in [2.45, 2.75) is 0 Å². The minimum absolute atomic E-state index is 0.192. The van der Waals surface area contributed by atoms with Gasteiger partial charge in [0.15, 0.2) is 5.75 Å². The van der Waals surface area contributed by atoms with Crippen LogP contribution in [0.25, 0.3) is 10.9 Å². The molecule has 0 saturated carbocycles. The standard InChI is InChI=1S/C20H16N4O4S/c1-29(26,27)24(14-8-4-2-5-9-14)20-22-16-12-21-13-17(18(16)19(25)23-20)28-15-10-6-3-7-11-15/h2-13H,1H3,(H,22,23,25). The van der Waals surface area contributed by atoms with Crippen molar-refractivity contribution >= 4 is 32.6 Å². The normalized spacial score (nSPS) is 11.3. The summed E-state index contributed by atoms with van der Waals surface area (Å²) in [4.78, 5) is 12.4. The monoisotopic (exact) mass is 408 g/mol. The summed E-state index contributed by atoms with van der Waals surface area (Å²) >= 11 is 0. The van der Waals surface area contributed by atoms with E-state index in [0.29, 0.717) is 11.4 Å². The van der Waals surface area contributed by atoms with Gasteiger partial charge in [-0.15, -0.1) is 0 Å². The van der Waals surface area contributed by atoms with E-state index in [-0.39, 0.29) is 22.6 Å². The molecule has 1 N–H and O–H groups in total. The highest BCUT2D eigenvalue weighted by Gasteiger charge is 2.25. The molecule has 146 valence electrons. The van der Waals surface area contributed by atoms with Crippen LogP contribution in [0, 0.1) is 0 Å². The number of fused-ring (bicyclic) bond motifs is 1. The Morgan fingerprint density at radius 3 is 2.24 bits per heavy atom. The Hall–Kier alpha value is -3.72. The Morgan fingerprint density at radius 1 is 0.931 bits per heavy atom. The van der Waals surface area contributed by atoms with Crippen LogP contribution < -0.4 is 9.04 Å². The molecule has 0 atom stereocenters. The molecule has 2 heterocycles. The van der Waals surface area contributed by atoms with Crippen molar-refractivity contribution in [2.75, 3.05) is 10.6 Å². The third-order valence-corrected chi connectivity index (χ3v) is 5.05. The molecule has 0 radical (unpaired) electrons. The second-order valence-corrected chi connectivity index (χ2v) is 7.99. The number of benzene rings is 2. The fraction of sp³-hybridized carbons (Fsp3) is 0.0500. The number of aromatic nitrogens is 3. The number of hydrogen-bond donors (Lipinski definition) is 1. The Balaban J connectivity index is 1.86. The summed E-state index contributed by atoms with van der Waals surface area (Å²) < 4.78 is 31.6. The fourth-order valence-corrected chi connectivity index (χ4v) is 3.71. The van der Waals surface area contributed by atoms with Crippen LogP contribution >= 0.6 is 0 Å². The Kier molecular flexibility index (Phi) is 4.73. The predicted octanol–water partition coefficient (Wildman–Crippen LogP) is 3.62. The number of nitrogens with zero attached hydrogens (tertiary/aromatic N) is 4. The van der Waals surface area contributed by atoms with E-state index in [1.807, 2.05) is 18.2 Å². The van der Waals surface area contributed by atoms with Crippen LogP contribution in [-0.2, 0) is 10.0 Å². The molecule has 0 saturated heterocycles. The molecular weight excluding hydrogens is 392 g/mol. The van der Waals surface area contributed by atoms with E-state index in [1.165, 1.54) is 12.4 Å². The van der Waals surface area contributed by atoms with Crippen LogP contribution in [0.1, 0.15) is 0 Å². The highest BCUT2D eigenvalue weighted by molar-refractivity contribution is 7.92. The first-order valence-corrected chi connectivity index (χ1v) is 10.4. The van der Waals surface area contributed by atoms with Crippen LogP contribution in [0.15, 0.2) is 73.1 Å². The maximum absolute atomic E-state index is 12.4. The van der Waals surface area contributed by atoms with Crippen LogP contribution in [0.5, 0.6) is 17.4 Å². The van der Waals surface area contributed by atoms with E-state index in [0.717, 1.165) is 10.6 Å². The average molecular weight is 408 g/mol. The van der Waals surface area contributed by atoms with Crippen molar-refractivity contribution in [3.63, 3.8) is 0 Å². The fourth-order valence-electron chi connectivity index (χ4n) is 2.83. The zero-order valence-corrected chi connectivity index (χ0v) is 16.1. The highest BCUT2D eigenvalue weighted by Crippen LogP contribution is 2.36. The smallest absolute Gasteiger partial charge is 0.248 e. The predicted molar refractivity (Wildman–Crippen MR) is 109 cm³/mol. The molecule has 0 aliphatic heterocycles. The SMILES string of the molecule is CS(=O)(=O)N(c1ccccc1)c1nc(O)c2c(Oc3ccccc3)cncc2n1. The number of hydrogen-bond acceptors (Lipinski definition) is 7. The summed E-state index contributed by atoms with van der Waals surface area (Å²) in [5, 5.41) is 10.8. The number of anilines is 2. The van der Waals surface area contributed by atoms with Gasteiger partial charge in [-0.25, -0.2) is 17.7 Å². The van der Waals surface area contributed by atoms with Gasteiger partial charge >= 0.3 is 0 Å². The van der Waals surface area contributed by atoms with Crippen LogP contribution in [0.2, 0.25) is 0 Å². The largest absolute Gasteiger partial charge is 0.493 e. The summed E-state index contributed by atoms with van der Waals surface area (Å²) in [7, 11) is -3.77. The molecule has 0 aliphatic carbocycles. The van der Waals surface area contributed by atoms with E-state index in [4.69, 9.17) is 4.74 Å². The van der Waals surface area contributed by atoms with Crippen molar-refractivity contribution in [1.82, 2.24) is 15.0 Å². The molecule has 8 nitrogen and oxygen atoms in total. The molecule has 0 bridgehead atoms. The maximum Gasteiger partial charge on any atom is 0.248 e. The lowest BCUT2D eigenvalue weighted by atomic mass is 10.2. The zero-order chi connectivity index (χ0) is 20.4. The molecule has 2 aromatic heterocycles. The molecule has 0 aliphatic rings. The van der Waals surface area contributed by atoms with E-state index >= 15 is 0 Å². The summed E-state index contributed by atoms with van der Waals surface area (Å²) in [6.07, 6.45) is 3.88. The molecule has 0 spiro atoms. The Labute approximate surface area is 167 Å². The van der Waals surface area contributed by atoms with E-state index in [9.17, 15) is 13.5 Å². The van der Waals surface area contributed by atoms with Crippen molar-refractivity contribution in [3.8, 4) is 17.4 Å². The highest BCUT2D eigenvalue weighted by atomic mass is 32.2. The van der Waals surface area contributed by atoms with Gasteiger partial charge in [-0.1, -0.05) is 36.4 Å². The summed E-state index contributed by atoms with van der Waals surface area (Å²) in [5.74, 6) is 0.195. The van der Waals surface area contributed by atoms with Gasteiger partial charge in [0.2, 0.25) is 21.9 Å². The molecule has 4 aromatic rings. The van der Waals surface area contributed by atoms with Crippen molar-refractivity contribution in [2.24, 2.45) is 0 Å². The van der Waals surface area contributed by atoms with Gasteiger partial charge < -0.3 is 9.84 Å². The topological polar surface area (TPSA) is 106 Å². The Bertz CT molecular complexity index is 1270. The van der Waals surface area contributed by atoms with E-state index < -0.39 is 15.9 Å². The third kappa shape index (κ3) is 3.81. The number of sulfonamides is 1. The number of rotatable bonds is 5. The first kappa shape index (κ1) is 18.6. The first-order valence-electron chi connectivity index (χ1n) is 8.56. The maximum atomic E-state index is 12.4. The molecule has 0 amide bonds. The third-order valence-electron chi connectivity index (χ3n) is 4.02. The van der Waals surface area contributed by atoms with Gasteiger partial charge in [0, 0.05) is 0 Å². The van der Waals surface area contributed by atoms with E-state index in [1.54, 1.807) is 42.5 Å². The summed E-state index contributed by atoms with van der Waals surface area (Å²) in [6.45, 7) is 0. The van der Waals surface area contributed by atoms with Gasteiger partial charge in [-0.3, -0.25) is 4.98 Å². The van der Waals surface area contributed by atoms with Gasteiger partial charge in [0.25, 0.3) is 0 Å². The lowest BCUT2D eigenvalue weighted by molar-refractivity contribution is 0.451. The molecule has 4 rings (SSSR count). The van der Waals surface area contributed by atoms with Gasteiger partial charge in [0.1, 0.15) is 16.7 Å². The number of ether oxygens (including phenoxy) is 1. The number of aromatic hydroxyl groups is 1. The molecule has 9 heteroatoms. The lowest BCUT2D eigenvalue weighted by Crippen LogP contribution is -2.26. The minimum Gasteiger partial charge on any atom is -0.493 e. The van der Waals surface area contributed by atoms with Crippen LogP contribution in [0.4, 0.5) is 11.6 Å². The molecule has 2 aromatic carbocycles. The van der Waals surface area contributed by atoms with Gasteiger partial charge in [0.05, 0.1) is 24.3 Å². The van der Waals surface area contributed by atoms with Crippen molar-refractivity contribution in [3.05, 3.63) is 73.1 Å². The van der Waals surface area contributed by atoms with E-state index in [2.05, 4.69) is 15.0 Å². The zero-order valence-electron chi connectivity index (χ0n) is 15.3. The summed E-state index contributed by atoms with van der Waals surface area (Å²) in [5.41, 5.74) is 0.587. The average Bonchev–Trinajstić information content (AvgIpc) is 2.68. The molecular formula is C20H16N4O4S. The molecule has 0 unspecified atom stereocenters. The second-order valence-electron chi connectivity index (χ2n) is 6.16. The second kappa shape index (κ2) is 7.36. The quantitative estimate of drug-likeness (QED) is 0.538. The Morgan fingerprint density at radius 2 is 1.59 bits per heavy atom. The molecule has 29 heavy (non-hydrogen) atoms. The first-order chi connectivity index (χ1) is 13.9. The number of para-hydroxylation sites is 2. The number of pyridine rings is 1. The minimum atomic E-state index is -3.77.